The Bertz CT molecular complexity index is 801. The van der Waals surface area contributed by atoms with E-state index in [-0.39, 0.29) is 5.91 Å². The quantitative estimate of drug-likeness (QED) is 0.631. The van der Waals surface area contributed by atoms with Crippen molar-refractivity contribution in [2.24, 2.45) is 0 Å². The molecule has 0 saturated carbocycles. The zero-order chi connectivity index (χ0) is 16.1. The highest BCUT2D eigenvalue weighted by Crippen LogP contribution is 2.34. The Morgan fingerprint density at radius 3 is 2.52 bits per heavy atom. The number of hydrogen-bond acceptors (Lipinski definition) is 3. The summed E-state index contributed by atoms with van der Waals surface area (Å²) in [5.74, 6) is -0.101. The minimum atomic E-state index is -0.101. The molecule has 23 heavy (non-hydrogen) atoms. The zero-order valence-corrected chi connectivity index (χ0v) is 14.1. The number of carbonyl (C=O) groups excluding carboxylic acids is 1. The molecule has 3 rings (SSSR count). The fourth-order valence-electron chi connectivity index (χ4n) is 2.32. The predicted molar refractivity (Wildman–Crippen MR) is 98.7 cm³/mol. The highest BCUT2D eigenvalue weighted by molar-refractivity contribution is 7.21. The summed E-state index contributed by atoms with van der Waals surface area (Å²) in [6.07, 6.45) is 0.850. The van der Waals surface area contributed by atoms with Crippen molar-refractivity contribution in [1.82, 2.24) is 5.32 Å². The topological polar surface area (TPSA) is 41.1 Å². The lowest BCUT2D eigenvalue weighted by Gasteiger charge is -2.07. The zero-order valence-electron chi connectivity index (χ0n) is 12.5. The van der Waals surface area contributed by atoms with Crippen molar-refractivity contribution < 1.29 is 4.79 Å². The van der Waals surface area contributed by atoms with E-state index in [4.69, 9.17) is 11.6 Å². The van der Waals surface area contributed by atoms with Crippen LogP contribution in [0.5, 0.6) is 0 Å². The van der Waals surface area contributed by atoms with E-state index < -0.39 is 0 Å². The highest BCUT2D eigenvalue weighted by Gasteiger charge is 2.16. The molecule has 3 nitrogen and oxygen atoms in total. The summed E-state index contributed by atoms with van der Waals surface area (Å²) in [6.45, 7) is 1.42. The Morgan fingerprint density at radius 1 is 1.00 bits per heavy atom. The number of carbonyl (C=O) groups is 1. The van der Waals surface area contributed by atoms with E-state index in [1.807, 2.05) is 54.6 Å². The van der Waals surface area contributed by atoms with Gasteiger partial charge in [-0.05, 0) is 24.6 Å². The molecule has 0 saturated heterocycles. The second-order valence-corrected chi connectivity index (χ2v) is 6.57. The molecular weight excluding hydrogens is 328 g/mol. The van der Waals surface area contributed by atoms with Crippen LogP contribution in [0.15, 0.2) is 54.6 Å². The van der Waals surface area contributed by atoms with Crippen molar-refractivity contribution in [1.29, 1.82) is 0 Å². The molecular formula is C18H17ClN2OS. The van der Waals surface area contributed by atoms with Gasteiger partial charge in [-0.1, -0.05) is 48.0 Å². The van der Waals surface area contributed by atoms with Crippen LogP contribution in [0, 0.1) is 0 Å². The van der Waals surface area contributed by atoms with E-state index >= 15 is 0 Å². The Labute approximate surface area is 144 Å². The molecule has 0 bridgehead atoms. The molecule has 0 radical (unpaired) electrons. The Balaban J connectivity index is 1.50. The summed E-state index contributed by atoms with van der Waals surface area (Å²) >= 11 is 7.74. The van der Waals surface area contributed by atoms with E-state index in [2.05, 4.69) is 10.6 Å². The summed E-state index contributed by atoms with van der Waals surface area (Å²) < 4.78 is 1.04. The normalized spacial score (nSPS) is 10.7. The van der Waals surface area contributed by atoms with Gasteiger partial charge < -0.3 is 10.6 Å². The second-order valence-electron chi connectivity index (χ2n) is 5.14. The molecule has 1 amide bonds. The number of thiophene rings is 1. The van der Waals surface area contributed by atoms with Crippen molar-refractivity contribution in [2.75, 3.05) is 18.4 Å². The average molecular weight is 345 g/mol. The molecule has 2 aromatic carbocycles. The van der Waals surface area contributed by atoms with Crippen LogP contribution in [0.2, 0.25) is 5.02 Å². The lowest BCUT2D eigenvalue weighted by molar-refractivity contribution is 0.0958. The first-order valence-electron chi connectivity index (χ1n) is 7.50. The fraction of sp³-hybridized carbons (Fsp3) is 0.167. The van der Waals surface area contributed by atoms with Gasteiger partial charge in [0.25, 0.3) is 5.91 Å². The van der Waals surface area contributed by atoms with Gasteiger partial charge in [0, 0.05) is 28.9 Å². The van der Waals surface area contributed by atoms with Gasteiger partial charge in [-0.3, -0.25) is 4.79 Å². The minimum Gasteiger partial charge on any atom is -0.385 e. The molecule has 118 valence electrons. The standard InChI is InChI=1S/C18H17ClN2OS/c19-16-14-9-4-5-10-15(14)23-17(16)18(22)21-12-6-11-20-13-7-2-1-3-8-13/h1-5,7-10,20H,6,11-12H2,(H,21,22). The molecule has 0 aliphatic carbocycles. The molecule has 0 aliphatic rings. The molecule has 0 unspecified atom stereocenters. The second kappa shape index (κ2) is 7.49. The third kappa shape index (κ3) is 3.84. The molecule has 0 spiro atoms. The van der Waals surface area contributed by atoms with Gasteiger partial charge in [0.15, 0.2) is 0 Å². The van der Waals surface area contributed by atoms with Gasteiger partial charge in [0.2, 0.25) is 0 Å². The monoisotopic (exact) mass is 344 g/mol. The van der Waals surface area contributed by atoms with Crippen LogP contribution in [0.3, 0.4) is 0 Å². The number of benzene rings is 2. The first-order valence-corrected chi connectivity index (χ1v) is 8.69. The van der Waals surface area contributed by atoms with Gasteiger partial charge in [-0.25, -0.2) is 0 Å². The largest absolute Gasteiger partial charge is 0.385 e. The minimum absolute atomic E-state index is 0.101. The van der Waals surface area contributed by atoms with Crippen molar-refractivity contribution in [2.45, 2.75) is 6.42 Å². The van der Waals surface area contributed by atoms with Gasteiger partial charge in [-0.15, -0.1) is 11.3 Å². The Hall–Kier alpha value is -2.04. The van der Waals surface area contributed by atoms with Crippen LogP contribution in [-0.4, -0.2) is 19.0 Å². The summed E-state index contributed by atoms with van der Waals surface area (Å²) in [5.41, 5.74) is 1.09. The summed E-state index contributed by atoms with van der Waals surface area (Å²) in [5, 5.41) is 7.74. The van der Waals surface area contributed by atoms with Gasteiger partial charge >= 0.3 is 0 Å². The van der Waals surface area contributed by atoms with Crippen LogP contribution < -0.4 is 10.6 Å². The fourth-order valence-corrected chi connectivity index (χ4v) is 3.75. The maximum Gasteiger partial charge on any atom is 0.262 e. The number of rotatable bonds is 6. The van der Waals surface area contributed by atoms with Crippen molar-refractivity contribution in [3.05, 3.63) is 64.5 Å². The van der Waals surface area contributed by atoms with Gasteiger partial charge in [0.05, 0.1) is 5.02 Å². The number of hydrogen-bond donors (Lipinski definition) is 2. The molecule has 3 aromatic rings. The third-order valence-corrected chi connectivity index (χ3v) is 5.16. The van der Waals surface area contributed by atoms with Gasteiger partial charge in [0.1, 0.15) is 4.88 Å². The number of halogens is 1. The van der Waals surface area contributed by atoms with E-state index in [9.17, 15) is 4.79 Å². The number of anilines is 1. The van der Waals surface area contributed by atoms with E-state index in [1.54, 1.807) is 0 Å². The molecule has 5 heteroatoms. The van der Waals surface area contributed by atoms with Crippen LogP contribution in [0.4, 0.5) is 5.69 Å². The number of para-hydroxylation sites is 1. The SMILES string of the molecule is O=C(NCCCNc1ccccc1)c1sc2ccccc2c1Cl. The lowest BCUT2D eigenvalue weighted by atomic mass is 10.2. The summed E-state index contributed by atoms with van der Waals surface area (Å²) in [4.78, 5) is 12.8. The maximum absolute atomic E-state index is 12.3. The van der Waals surface area contributed by atoms with E-state index in [1.165, 1.54) is 11.3 Å². The van der Waals surface area contributed by atoms with Crippen LogP contribution in [0.25, 0.3) is 10.1 Å². The number of nitrogens with one attached hydrogen (secondary N) is 2. The first-order chi connectivity index (χ1) is 11.3. The molecule has 1 heterocycles. The molecule has 0 fully saturated rings. The molecule has 0 aliphatic heterocycles. The van der Waals surface area contributed by atoms with Crippen molar-refractivity contribution in [3.63, 3.8) is 0 Å². The van der Waals surface area contributed by atoms with Gasteiger partial charge in [-0.2, -0.15) is 0 Å². The predicted octanol–water partition coefficient (Wildman–Crippen LogP) is 4.79. The van der Waals surface area contributed by atoms with Crippen molar-refractivity contribution >= 4 is 44.6 Å². The first kappa shape index (κ1) is 15.8. The maximum atomic E-state index is 12.3. The molecule has 1 aromatic heterocycles. The Kier molecular flexibility index (Phi) is 5.16. The van der Waals surface area contributed by atoms with E-state index in [0.717, 1.165) is 28.7 Å². The summed E-state index contributed by atoms with van der Waals surface area (Å²) in [6, 6.07) is 17.8. The Morgan fingerprint density at radius 2 is 1.74 bits per heavy atom. The van der Waals surface area contributed by atoms with Crippen LogP contribution in [-0.2, 0) is 0 Å². The van der Waals surface area contributed by atoms with Crippen LogP contribution in [0.1, 0.15) is 16.1 Å². The number of fused-ring (bicyclic) bond motifs is 1. The molecule has 2 N–H and O–H groups in total. The lowest BCUT2D eigenvalue weighted by Crippen LogP contribution is -2.25. The highest BCUT2D eigenvalue weighted by atomic mass is 35.5. The summed E-state index contributed by atoms with van der Waals surface area (Å²) in [7, 11) is 0. The van der Waals surface area contributed by atoms with Crippen molar-refractivity contribution in [3.8, 4) is 0 Å². The molecule has 0 atom stereocenters. The average Bonchev–Trinajstić information content (AvgIpc) is 2.93. The third-order valence-electron chi connectivity index (χ3n) is 3.48. The number of amides is 1. The van der Waals surface area contributed by atoms with Crippen LogP contribution >= 0.6 is 22.9 Å². The smallest absolute Gasteiger partial charge is 0.262 e. The van der Waals surface area contributed by atoms with E-state index in [0.29, 0.717) is 16.4 Å².